The molecule has 0 aliphatic carbocycles. The van der Waals surface area contributed by atoms with Gasteiger partial charge in [-0.2, -0.15) is 0 Å². The maximum Gasteiger partial charge on any atom is 0.108 e. The molecule has 0 spiro atoms. The SMILES string of the molecule is Cl.Cl.Cl.NCCc1nc2ccc(CN3CCOCC3)cc2[nH]1. The van der Waals surface area contributed by atoms with Gasteiger partial charge in [0.1, 0.15) is 5.82 Å². The van der Waals surface area contributed by atoms with Crippen molar-refractivity contribution in [1.82, 2.24) is 14.9 Å². The molecule has 0 radical (unpaired) electrons. The van der Waals surface area contributed by atoms with Crippen LogP contribution in [0.1, 0.15) is 11.4 Å². The summed E-state index contributed by atoms with van der Waals surface area (Å²) in [5.74, 6) is 0.973. The van der Waals surface area contributed by atoms with Gasteiger partial charge < -0.3 is 15.5 Å². The van der Waals surface area contributed by atoms with E-state index in [0.717, 1.165) is 56.1 Å². The lowest BCUT2D eigenvalue weighted by atomic mass is 10.2. The van der Waals surface area contributed by atoms with Gasteiger partial charge in [-0.15, -0.1) is 37.2 Å². The maximum atomic E-state index is 5.56. The van der Waals surface area contributed by atoms with Crippen LogP contribution < -0.4 is 5.73 Å². The lowest BCUT2D eigenvalue weighted by Crippen LogP contribution is -2.35. The van der Waals surface area contributed by atoms with Crippen LogP contribution in [0.5, 0.6) is 0 Å². The highest BCUT2D eigenvalue weighted by molar-refractivity contribution is 5.86. The monoisotopic (exact) mass is 368 g/mol. The Morgan fingerprint density at radius 1 is 1.18 bits per heavy atom. The fourth-order valence-corrected chi connectivity index (χ4v) is 2.48. The van der Waals surface area contributed by atoms with E-state index in [1.165, 1.54) is 5.56 Å². The van der Waals surface area contributed by atoms with E-state index >= 15 is 0 Å². The average Bonchev–Trinajstić information content (AvgIpc) is 2.82. The van der Waals surface area contributed by atoms with Crippen LogP contribution in [-0.2, 0) is 17.7 Å². The lowest BCUT2D eigenvalue weighted by molar-refractivity contribution is 0.0342. The Labute approximate surface area is 149 Å². The van der Waals surface area contributed by atoms with Gasteiger partial charge >= 0.3 is 0 Å². The first-order chi connectivity index (χ1) is 9.35. The number of nitrogens with zero attached hydrogens (tertiary/aromatic N) is 2. The van der Waals surface area contributed by atoms with Crippen molar-refractivity contribution in [2.75, 3.05) is 32.8 Å². The molecule has 8 heteroatoms. The van der Waals surface area contributed by atoms with E-state index in [0.29, 0.717) is 6.54 Å². The highest BCUT2D eigenvalue weighted by Gasteiger charge is 2.11. The summed E-state index contributed by atoms with van der Waals surface area (Å²) >= 11 is 0. The van der Waals surface area contributed by atoms with Crippen molar-refractivity contribution >= 4 is 48.3 Å². The minimum Gasteiger partial charge on any atom is -0.379 e. The number of H-pyrrole nitrogens is 1. The predicted octanol–water partition coefficient (Wildman–Crippen LogP) is 2.16. The van der Waals surface area contributed by atoms with Gasteiger partial charge in [-0.05, 0) is 24.2 Å². The molecule has 0 unspecified atom stereocenters. The highest BCUT2D eigenvalue weighted by atomic mass is 35.5. The predicted molar refractivity (Wildman–Crippen MR) is 96.7 cm³/mol. The normalized spacial score (nSPS) is 14.8. The third-order valence-electron chi connectivity index (χ3n) is 3.49. The minimum absolute atomic E-state index is 0. The Hall–Kier alpha value is -0.560. The molecule has 126 valence electrons. The van der Waals surface area contributed by atoms with Crippen LogP contribution in [-0.4, -0.2) is 47.7 Å². The summed E-state index contributed by atoms with van der Waals surface area (Å²) in [5.41, 5.74) is 9.00. The zero-order chi connectivity index (χ0) is 13.1. The zero-order valence-corrected chi connectivity index (χ0v) is 14.7. The molecule has 5 nitrogen and oxygen atoms in total. The Kier molecular flexibility index (Phi) is 10.00. The Balaban J connectivity index is 0.00000147. The largest absolute Gasteiger partial charge is 0.379 e. The third-order valence-corrected chi connectivity index (χ3v) is 3.49. The van der Waals surface area contributed by atoms with Crippen LogP contribution in [0.15, 0.2) is 18.2 Å². The lowest BCUT2D eigenvalue weighted by Gasteiger charge is -2.26. The number of morpholine rings is 1. The molecule has 2 heterocycles. The quantitative estimate of drug-likeness (QED) is 0.866. The molecule has 1 aromatic carbocycles. The van der Waals surface area contributed by atoms with Crippen molar-refractivity contribution in [2.45, 2.75) is 13.0 Å². The van der Waals surface area contributed by atoms with Crippen LogP contribution in [0.4, 0.5) is 0 Å². The molecule has 1 saturated heterocycles. The van der Waals surface area contributed by atoms with Gasteiger partial charge in [-0.25, -0.2) is 4.98 Å². The van der Waals surface area contributed by atoms with Crippen molar-refractivity contribution in [1.29, 1.82) is 0 Å². The molecule has 22 heavy (non-hydrogen) atoms. The first-order valence-electron chi connectivity index (χ1n) is 6.83. The van der Waals surface area contributed by atoms with Crippen LogP contribution in [0.25, 0.3) is 11.0 Å². The van der Waals surface area contributed by atoms with Crippen molar-refractivity contribution in [3.05, 3.63) is 29.6 Å². The number of nitrogens with two attached hydrogens (primary N) is 1. The first kappa shape index (κ1) is 21.4. The van der Waals surface area contributed by atoms with Crippen LogP contribution in [0, 0.1) is 0 Å². The topological polar surface area (TPSA) is 67.2 Å². The Bertz CT molecular complexity index is 558. The summed E-state index contributed by atoms with van der Waals surface area (Å²) in [6.07, 6.45) is 0.799. The molecule has 1 aromatic heterocycles. The van der Waals surface area contributed by atoms with Crippen molar-refractivity contribution in [3.63, 3.8) is 0 Å². The summed E-state index contributed by atoms with van der Waals surface area (Å²) in [6.45, 7) is 5.31. The minimum atomic E-state index is 0. The maximum absolute atomic E-state index is 5.56. The molecule has 1 aliphatic heterocycles. The molecular weight excluding hydrogens is 347 g/mol. The second-order valence-corrected chi connectivity index (χ2v) is 4.96. The first-order valence-corrected chi connectivity index (χ1v) is 6.83. The van der Waals surface area contributed by atoms with E-state index in [-0.39, 0.29) is 37.2 Å². The van der Waals surface area contributed by atoms with E-state index in [9.17, 15) is 0 Å². The Morgan fingerprint density at radius 3 is 2.59 bits per heavy atom. The Morgan fingerprint density at radius 2 is 1.91 bits per heavy atom. The molecule has 0 bridgehead atoms. The number of imidazole rings is 1. The number of aromatic nitrogens is 2. The summed E-state index contributed by atoms with van der Waals surface area (Å²) in [6, 6.07) is 6.43. The number of benzene rings is 1. The second-order valence-electron chi connectivity index (χ2n) is 4.96. The van der Waals surface area contributed by atoms with Crippen LogP contribution >= 0.6 is 37.2 Å². The summed E-state index contributed by atoms with van der Waals surface area (Å²) in [7, 11) is 0. The molecule has 0 amide bonds. The number of rotatable bonds is 4. The zero-order valence-electron chi connectivity index (χ0n) is 12.3. The number of hydrogen-bond donors (Lipinski definition) is 2. The molecule has 2 aromatic rings. The van der Waals surface area contributed by atoms with Crippen molar-refractivity contribution in [2.24, 2.45) is 5.73 Å². The third kappa shape index (κ3) is 5.26. The number of nitrogens with one attached hydrogen (secondary N) is 1. The van der Waals surface area contributed by atoms with E-state index < -0.39 is 0 Å². The summed E-state index contributed by atoms with van der Waals surface area (Å²) < 4.78 is 5.37. The standard InChI is InChI=1S/C14H20N4O.3ClH/c15-4-3-14-16-12-2-1-11(9-13(12)17-14)10-18-5-7-19-8-6-18;;;/h1-2,9H,3-8,10,15H2,(H,16,17);3*1H. The van der Waals surface area contributed by atoms with Gasteiger partial charge in [-0.1, -0.05) is 6.07 Å². The van der Waals surface area contributed by atoms with Crippen LogP contribution in [0.2, 0.25) is 0 Å². The number of fused-ring (bicyclic) bond motifs is 1. The molecule has 0 atom stereocenters. The molecule has 3 rings (SSSR count). The van der Waals surface area contributed by atoms with Crippen molar-refractivity contribution in [3.8, 4) is 0 Å². The van der Waals surface area contributed by atoms with Gasteiger partial charge in [-0.3, -0.25) is 4.90 Å². The highest BCUT2D eigenvalue weighted by Crippen LogP contribution is 2.16. The fraction of sp³-hybridized carbons (Fsp3) is 0.500. The van der Waals surface area contributed by atoms with Gasteiger partial charge in [0.25, 0.3) is 0 Å². The number of ether oxygens (including phenoxy) is 1. The van der Waals surface area contributed by atoms with E-state index in [1.54, 1.807) is 0 Å². The van der Waals surface area contributed by atoms with Crippen molar-refractivity contribution < 1.29 is 4.74 Å². The molecule has 3 N–H and O–H groups in total. The average molecular weight is 370 g/mol. The van der Waals surface area contributed by atoms with E-state index in [4.69, 9.17) is 10.5 Å². The molecule has 1 fully saturated rings. The number of hydrogen-bond acceptors (Lipinski definition) is 4. The van der Waals surface area contributed by atoms with Gasteiger partial charge in [0.15, 0.2) is 0 Å². The van der Waals surface area contributed by atoms with Crippen LogP contribution in [0.3, 0.4) is 0 Å². The number of aromatic amines is 1. The molecule has 1 aliphatic rings. The van der Waals surface area contributed by atoms with E-state index in [2.05, 4.69) is 33.1 Å². The van der Waals surface area contributed by atoms with Gasteiger partial charge in [0, 0.05) is 26.1 Å². The second kappa shape index (κ2) is 10.3. The van der Waals surface area contributed by atoms with Gasteiger partial charge in [0.05, 0.1) is 24.2 Å². The molecule has 0 saturated carbocycles. The summed E-state index contributed by atoms with van der Waals surface area (Å²) in [4.78, 5) is 10.3. The molecular formula is C14H23Cl3N4O. The van der Waals surface area contributed by atoms with Gasteiger partial charge in [0.2, 0.25) is 0 Å². The van der Waals surface area contributed by atoms with E-state index in [1.807, 2.05) is 0 Å². The fourth-order valence-electron chi connectivity index (χ4n) is 2.48. The number of halogens is 3. The smallest absolute Gasteiger partial charge is 0.108 e. The summed E-state index contributed by atoms with van der Waals surface area (Å²) in [5, 5.41) is 0.